The second-order valence-corrected chi connectivity index (χ2v) is 2.10. The number of hydrogen-bond donors (Lipinski definition) is 2. The number of ether oxygens (including phenoxy) is 1. The second-order valence-electron chi connectivity index (χ2n) is 2.10. The van der Waals surface area contributed by atoms with Gasteiger partial charge in [0.25, 0.3) is 0 Å². The van der Waals surface area contributed by atoms with Crippen molar-refractivity contribution >= 4 is 5.91 Å². The fourth-order valence-electron chi connectivity index (χ4n) is 0.636. The average Bonchev–Trinajstić information content (AvgIpc) is 2.16. The molecule has 0 radical (unpaired) electrons. The quantitative estimate of drug-likeness (QED) is 0.600. The maximum Gasteiger partial charge on any atom is 0.222 e. The van der Waals surface area contributed by atoms with Crippen molar-refractivity contribution in [3.63, 3.8) is 0 Å². The van der Waals surface area contributed by atoms with E-state index in [1.54, 1.807) is 0 Å². The Hall–Kier alpha value is -0.610. The molecule has 0 saturated heterocycles. The predicted molar refractivity (Wildman–Crippen MR) is 54.5 cm³/mol. The Morgan fingerprint density at radius 1 is 1.38 bits per heavy atom. The van der Waals surface area contributed by atoms with Gasteiger partial charge in [0.15, 0.2) is 0 Å². The molecular formula is C9H22N2O2. The van der Waals surface area contributed by atoms with E-state index in [0.717, 1.165) is 0 Å². The summed E-state index contributed by atoms with van der Waals surface area (Å²) in [6, 6.07) is 0. The van der Waals surface area contributed by atoms with Gasteiger partial charge >= 0.3 is 0 Å². The number of rotatable bonds is 6. The zero-order valence-electron chi connectivity index (χ0n) is 8.93. The third-order valence-corrected chi connectivity index (χ3v) is 1.11. The summed E-state index contributed by atoms with van der Waals surface area (Å²) < 4.78 is 5.01. The standard InChI is InChI=1S/C7H16N2O2.C2H6/c1-2-9-7(10)3-5-11-6-4-8;1-2/h2-6,8H2,1H3,(H,9,10);1-2H3. The Balaban J connectivity index is 0. The molecule has 0 atom stereocenters. The van der Waals surface area contributed by atoms with Crippen LogP contribution in [0.5, 0.6) is 0 Å². The average molecular weight is 190 g/mol. The molecule has 0 saturated carbocycles. The smallest absolute Gasteiger partial charge is 0.222 e. The van der Waals surface area contributed by atoms with Gasteiger partial charge in [0, 0.05) is 19.5 Å². The van der Waals surface area contributed by atoms with E-state index in [0.29, 0.717) is 32.7 Å². The maximum atomic E-state index is 10.8. The SMILES string of the molecule is CC.CCNC(=O)CCOCCN. The minimum atomic E-state index is 0.0320. The summed E-state index contributed by atoms with van der Waals surface area (Å²) in [7, 11) is 0. The van der Waals surface area contributed by atoms with Crippen LogP contribution in [0.1, 0.15) is 27.2 Å². The molecule has 0 aromatic heterocycles. The van der Waals surface area contributed by atoms with E-state index in [4.69, 9.17) is 10.5 Å². The van der Waals surface area contributed by atoms with Gasteiger partial charge in [0.2, 0.25) is 5.91 Å². The maximum absolute atomic E-state index is 10.8. The minimum absolute atomic E-state index is 0.0320. The summed E-state index contributed by atoms with van der Waals surface area (Å²) in [6.07, 6.45) is 0.424. The molecule has 0 aromatic rings. The number of nitrogens with one attached hydrogen (secondary N) is 1. The molecule has 80 valence electrons. The van der Waals surface area contributed by atoms with E-state index in [1.807, 2.05) is 20.8 Å². The first-order chi connectivity index (χ1) is 6.31. The van der Waals surface area contributed by atoms with Gasteiger partial charge in [-0.05, 0) is 6.92 Å². The largest absolute Gasteiger partial charge is 0.380 e. The topological polar surface area (TPSA) is 64.3 Å². The van der Waals surface area contributed by atoms with Crippen molar-refractivity contribution < 1.29 is 9.53 Å². The normalized spacial score (nSPS) is 8.62. The Morgan fingerprint density at radius 2 is 2.00 bits per heavy atom. The minimum Gasteiger partial charge on any atom is -0.380 e. The molecule has 0 aromatic carbocycles. The van der Waals surface area contributed by atoms with Crippen LogP contribution >= 0.6 is 0 Å². The summed E-state index contributed by atoms with van der Waals surface area (Å²) in [5.41, 5.74) is 5.18. The van der Waals surface area contributed by atoms with E-state index in [2.05, 4.69) is 5.32 Å². The summed E-state index contributed by atoms with van der Waals surface area (Å²) >= 11 is 0. The van der Waals surface area contributed by atoms with Crippen LogP contribution in [0.25, 0.3) is 0 Å². The van der Waals surface area contributed by atoms with Crippen LogP contribution in [-0.4, -0.2) is 32.2 Å². The number of hydrogen-bond acceptors (Lipinski definition) is 3. The van der Waals surface area contributed by atoms with Crippen molar-refractivity contribution in [3.05, 3.63) is 0 Å². The van der Waals surface area contributed by atoms with E-state index < -0.39 is 0 Å². The number of nitrogens with two attached hydrogens (primary N) is 1. The molecule has 0 aliphatic heterocycles. The number of carbonyl (C=O) groups excluding carboxylic acids is 1. The van der Waals surface area contributed by atoms with Crippen molar-refractivity contribution in [1.29, 1.82) is 0 Å². The van der Waals surface area contributed by atoms with Crippen LogP contribution in [0.4, 0.5) is 0 Å². The van der Waals surface area contributed by atoms with Gasteiger partial charge in [-0.25, -0.2) is 0 Å². The van der Waals surface area contributed by atoms with Crippen molar-refractivity contribution in [3.8, 4) is 0 Å². The molecule has 3 N–H and O–H groups in total. The van der Waals surface area contributed by atoms with Crippen molar-refractivity contribution in [2.75, 3.05) is 26.3 Å². The molecule has 0 bridgehead atoms. The molecule has 0 heterocycles. The molecule has 0 rings (SSSR count). The molecule has 0 fully saturated rings. The van der Waals surface area contributed by atoms with Gasteiger partial charge in [-0.2, -0.15) is 0 Å². The second kappa shape index (κ2) is 13.9. The van der Waals surface area contributed by atoms with Crippen molar-refractivity contribution in [2.45, 2.75) is 27.2 Å². The van der Waals surface area contributed by atoms with Gasteiger partial charge in [0.05, 0.1) is 13.2 Å². The third-order valence-electron chi connectivity index (χ3n) is 1.11. The molecular weight excluding hydrogens is 168 g/mol. The highest BCUT2D eigenvalue weighted by Crippen LogP contribution is 1.81. The van der Waals surface area contributed by atoms with Crippen molar-refractivity contribution in [1.82, 2.24) is 5.32 Å². The lowest BCUT2D eigenvalue weighted by atomic mass is 10.4. The van der Waals surface area contributed by atoms with Crippen LogP contribution in [0, 0.1) is 0 Å². The van der Waals surface area contributed by atoms with E-state index >= 15 is 0 Å². The fraction of sp³-hybridized carbons (Fsp3) is 0.889. The predicted octanol–water partition coefficient (Wildman–Crippen LogP) is 0.514. The number of carbonyl (C=O) groups is 1. The molecule has 4 nitrogen and oxygen atoms in total. The summed E-state index contributed by atoms with van der Waals surface area (Å²) in [6.45, 7) is 8.06. The van der Waals surface area contributed by atoms with E-state index in [9.17, 15) is 4.79 Å². The highest BCUT2D eigenvalue weighted by Gasteiger charge is 1.97. The number of amides is 1. The van der Waals surface area contributed by atoms with E-state index in [-0.39, 0.29) is 5.91 Å². The molecule has 0 aliphatic carbocycles. The summed E-state index contributed by atoms with van der Waals surface area (Å²) in [5.74, 6) is 0.0320. The van der Waals surface area contributed by atoms with Crippen LogP contribution in [0.3, 0.4) is 0 Å². The molecule has 0 spiro atoms. The first kappa shape index (κ1) is 14.9. The lowest BCUT2D eigenvalue weighted by Crippen LogP contribution is -2.24. The fourth-order valence-corrected chi connectivity index (χ4v) is 0.636. The van der Waals surface area contributed by atoms with Crippen molar-refractivity contribution in [2.24, 2.45) is 5.73 Å². The molecule has 4 heteroatoms. The Kier molecular flexibility index (Phi) is 16.0. The van der Waals surface area contributed by atoms with Gasteiger partial charge in [-0.1, -0.05) is 13.8 Å². The third kappa shape index (κ3) is 14.3. The summed E-state index contributed by atoms with van der Waals surface area (Å²) in [4.78, 5) is 10.8. The Labute approximate surface area is 80.8 Å². The summed E-state index contributed by atoms with van der Waals surface area (Å²) in [5, 5.41) is 2.67. The lowest BCUT2D eigenvalue weighted by molar-refractivity contribution is -0.122. The van der Waals surface area contributed by atoms with Crippen LogP contribution in [-0.2, 0) is 9.53 Å². The van der Waals surface area contributed by atoms with Crippen LogP contribution < -0.4 is 11.1 Å². The first-order valence-corrected chi connectivity index (χ1v) is 4.85. The van der Waals surface area contributed by atoms with Gasteiger partial charge in [-0.15, -0.1) is 0 Å². The van der Waals surface area contributed by atoms with Crippen LogP contribution in [0.15, 0.2) is 0 Å². The highest BCUT2D eigenvalue weighted by atomic mass is 16.5. The zero-order chi connectivity index (χ0) is 10.5. The molecule has 0 aliphatic rings. The monoisotopic (exact) mass is 190 g/mol. The molecule has 13 heavy (non-hydrogen) atoms. The lowest BCUT2D eigenvalue weighted by Gasteiger charge is -2.02. The highest BCUT2D eigenvalue weighted by molar-refractivity contribution is 5.75. The Bertz CT molecular complexity index is 108. The van der Waals surface area contributed by atoms with Crippen LogP contribution in [0.2, 0.25) is 0 Å². The zero-order valence-corrected chi connectivity index (χ0v) is 8.93. The van der Waals surface area contributed by atoms with Gasteiger partial charge in [0.1, 0.15) is 0 Å². The molecule has 0 unspecified atom stereocenters. The first-order valence-electron chi connectivity index (χ1n) is 4.85. The molecule has 1 amide bonds. The van der Waals surface area contributed by atoms with Gasteiger partial charge < -0.3 is 15.8 Å². The van der Waals surface area contributed by atoms with E-state index in [1.165, 1.54) is 0 Å². The Morgan fingerprint density at radius 3 is 2.46 bits per heavy atom. The van der Waals surface area contributed by atoms with Gasteiger partial charge in [-0.3, -0.25) is 4.79 Å².